The number of carbonyl (C=O) groups is 1. The van der Waals surface area contributed by atoms with E-state index in [9.17, 15) is 9.90 Å². The average Bonchev–Trinajstić information content (AvgIpc) is 2.38. The molecule has 0 aromatic heterocycles. The zero-order chi connectivity index (χ0) is 12.1. The number of hydrogen-bond donors (Lipinski definition) is 1. The highest BCUT2D eigenvalue weighted by atomic mass is 32.2. The number of carboxylic acids is 1. The lowest BCUT2D eigenvalue weighted by atomic mass is 10.1. The molecule has 0 bridgehead atoms. The van der Waals surface area contributed by atoms with E-state index in [-0.39, 0.29) is 0 Å². The molecule has 1 atom stereocenters. The van der Waals surface area contributed by atoms with Gasteiger partial charge in [-0.15, -0.1) is 11.8 Å². The average molecular weight is 252 g/mol. The molecule has 0 amide bonds. The van der Waals surface area contributed by atoms with E-state index < -0.39 is 11.2 Å². The van der Waals surface area contributed by atoms with Crippen LogP contribution in [0.25, 0.3) is 0 Å². The van der Waals surface area contributed by atoms with Gasteiger partial charge in [-0.25, -0.2) is 0 Å². The second kappa shape index (κ2) is 6.07. The van der Waals surface area contributed by atoms with Crippen LogP contribution in [0.5, 0.6) is 0 Å². The Morgan fingerprint density at radius 3 is 2.53 bits per heavy atom. The zero-order valence-corrected chi connectivity index (χ0v) is 10.4. The number of thioether (sulfide) groups is 1. The smallest absolute Gasteiger partial charge is 0.321 e. The Bertz CT molecular complexity index is 360. The molecule has 1 aliphatic heterocycles. The van der Waals surface area contributed by atoms with Gasteiger partial charge < -0.3 is 9.84 Å². The maximum Gasteiger partial charge on any atom is 0.321 e. The molecule has 1 N–H and O–H groups in total. The molecule has 0 radical (unpaired) electrons. The van der Waals surface area contributed by atoms with Crippen molar-refractivity contribution in [1.29, 1.82) is 0 Å². The van der Waals surface area contributed by atoms with Crippen molar-refractivity contribution in [2.24, 2.45) is 0 Å². The fourth-order valence-corrected chi connectivity index (χ4v) is 3.19. The molecule has 1 fully saturated rings. The first-order valence-electron chi connectivity index (χ1n) is 5.78. The molecule has 1 heterocycles. The van der Waals surface area contributed by atoms with Crippen LogP contribution in [0.15, 0.2) is 30.3 Å². The molecule has 0 aliphatic carbocycles. The van der Waals surface area contributed by atoms with Gasteiger partial charge in [-0.3, -0.25) is 4.79 Å². The predicted molar refractivity (Wildman–Crippen MR) is 68.3 cm³/mol. The zero-order valence-electron chi connectivity index (χ0n) is 9.54. The summed E-state index contributed by atoms with van der Waals surface area (Å²) in [6.45, 7) is 1.50. The lowest BCUT2D eigenvalue weighted by Gasteiger charge is -2.24. The molecule has 1 aromatic rings. The van der Waals surface area contributed by atoms with Crippen LogP contribution in [0.4, 0.5) is 0 Å². The summed E-state index contributed by atoms with van der Waals surface area (Å²) < 4.78 is 5.29. The Balaban J connectivity index is 2.05. The van der Waals surface area contributed by atoms with E-state index in [4.69, 9.17) is 4.74 Å². The minimum Gasteiger partial charge on any atom is -0.480 e. The van der Waals surface area contributed by atoms with Crippen LogP contribution in [-0.2, 0) is 9.53 Å². The summed E-state index contributed by atoms with van der Waals surface area (Å²) in [4.78, 5) is 11.3. The van der Waals surface area contributed by atoms with E-state index in [2.05, 4.69) is 0 Å². The van der Waals surface area contributed by atoms with Gasteiger partial charge in [-0.2, -0.15) is 0 Å². The summed E-state index contributed by atoms with van der Waals surface area (Å²) >= 11 is 1.55. The third-order valence-electron chi connectivity index (χ3n) is 2.82. The van der Waals surface area contributed by atoms with E-state index in [1.54, 1.807) is 11.8 Å². The quantitative estimate of drug-likeness (QED) is 0.895. The Kier molecular flexibility index (Phi) is 4.45. The number of hydrogen-bond acceptors (Lipinski definition) is 3. The monoisotopic (exact) mass is 252 g/mol. The Morgan fingerprint density at radius 2 is 1.94 bits per heavy atom. The highest BCUT2D eigenvalue weighted by molar-refractivity contribution is 8.00. The number of rotatable bonds is 4. The summed E-state index contributed by atoms with van der Waals surface area (Å²) in [6.07, 6.45) is 1.89. The minimum atomic E-state index is -0.757. The van der Waals surface area contributed by atoms with E-state index >= 15 is 0 Å². The largest absolute Gasteiger partial charge is 0.480 e. The highest BCUT2D eigenvalue weighted by Gasteiger charge is 2.25. The van der Waals surface area contributed by atoms with Crippen molar-refractivity contribution in [3.8, 4) is 0 Å². The van der Waals surface area contributed by atoms with Gasteiger partial charge in [0, 0.05) is 18.5 Å². The summed E-state index contributed by atoms with van der Waals surface area (Å²) in [5.41, 5.74) is 0.872. The van der Waals surface area contributed by atoms with Gasteiger partial charge in [0.15, 0.2) is 0 Å². The van der Waals surface area contributed by atoms with E-state index in [0.29, 0.717) is 5.25 Å². The van der Waals surface area contributed by atoms with Crippen molar-refractivity contribution in [3.05, 3.63) is 35.9 Å². The van der Waals surface area contributed by atoms with Gasteiger partial charge in [-0.05, 0) is 18.4 Å². The second-order valence-corrected chi connectivity index (χ2v) is 5.49. The first-order chi connectivity index (χ1) is 8.27. The molecule has 1 saturated heterocycles. The SMILES string of the molecule is O=C(O)C(SC1CCOCC1)c1ccccc1. The maximum atomic E-state index is 11.3. The van der Waals surface area contributed by atoms with E-state index in [1.807, 2.05) is 30.3 Å². The fraction of sp³-hybridized carbons (Fsp3) is 0.462. The normalized spacial score (nSPS) is 18.8. The molecule has 17 heavy (non-hydrogen) atoms. The number of carboxylic acid groups (broad SMARTS) is 1. The summed E-state index contributed by atoms with van der Waals surface area (Å²) in [7, 11) is 0. The van der Waals surface area contributed by atoms with Gasteiger partial charge in [0.1, 0.15) is 5.25 Å². The van der Waals surface area contributed by atoms with Crippen molar-refractivity contribution in [1.82, 2.24) is 0 Å². The Hall–Kier alpha value is -1.00. The summed E-state index contributed by atoms with van der Waals surface area (Å²) in [6, 6.07) is 9.43. The molecule has 4 heteroatoms. The Morgan fingerprint density at radius 1 is 1.29 bits per heavy atom. The van der Waals surface area contributed by atoms with Crippen LogP contribution in [0.1, 0.15) is 23.7 Å². The van der Waals surface area contributed by atoms with Gasteiger partial charge in [0.2, 0.25) is 0 Å². The van der Waals surface area contributed by atoms with Gasteiger partial charge >= 0.3 is 5.97 Å². The Labute approximate surface area is 105 Å². The standard InChI is InChI=1S/C13H16O3S/c14-13(15)12(10-4-2-1-3-5-10)17-11-6-8-16-9-7-11/h1-5,11-12H,6-9H2,(H,14,15). The van der Waals surface area contributed by atoms with Crippen molar-refractivity contribution >= 4 is 17.7 Å². The van der Waals surface area contributed by atoms with Crippen LogP contribution in [0, 0.1) is 0 Å². The minimum absolute atomic E-state index is 0.394. The predicted octanol–water partition coefficient (Wildman–Crippen LogP) is 2.72. The highest BCUT2D eigenvalue weighted by Crippen LogP contribution is 2.36. The fourth-order valence-electron chi connectivity index (χ4n) is 1.91. The van der Waals surface area contributed by atoms with E-state index in [1.165, 1.54) is 0 Å². The number of benzene rings is 1. The molecule has 3 nitrogen and oxygen atoms in total. The van der Waals surface area contributed by atoms with Crippen LogP contribution >= 0.6 is 11.8 Å². The molecule has 0 saturated carbocycles. The van der Waals surface area contributed by atoms with Crippen molar-refractivity contribution in [3.63, 3.8) is 0 Å². The number of ether oxygens (including phenoxy) is 1. The second-order valence-electron chi connectivity index (χ2n) is 4.08. The third-order valence-corrected chi connectivity index (χ3v) is 4.43. The maximum absolute atomic E-state index is 11.3. The molecule has 1 aliphatic rings. The van der Waals surface area contributed by atoms with E-state index in [0.717, 1.165) is 31.6 Å². The summed E-state index contributed by atoms with van der Waals surface area (Å²) in [5, 5.41) is 9.24. The lowest BCUT2D eigenvalue weighted by molar-refractivity contribution is -0.136. The summed E-state index contributed by atoms with van der Waals surface area (Å²) in [5.74, 6) is -0.757. The molecular formula is C13H16O3S. The van der Waals surface area contributed by atoms with Crippen molar-refractivity contribution < 1.29 is 14.6 Å². The van der Waals surface area contributed by atoms with Crippen LogP contribution in [0.3, 0.4) is 0 Å². The molecule has 0 spiro atoms. The molecular weight excluding hydrogens is 236 g/mol. The molecule has 92 valence electrons. The molecule has 1 aromatic carbocycles. The van der Waals surface area contributed by atoms with Crippen LogP contribution in [0.2, 0.25) is 0 Å². The van der Waals surface area contributed by atoms with Crippen molar-refractivity contribution in [2.45, 2.75) is 23.3 Å². The van der Waals surface area contributed by atoms with Gasteiger partial charge in [0.05, 0.1) is 0 Å². The first kappa shape index (κ1) is 12.5. The number of aliphatic carboxylic acids is 1. The molecule has 2 rings (SSSR count). The lowest BCUT2D eigenvalue weighted by Crippen LogP contribution is -2.21. The first-order valence-corrected chi connectivity index (χ1v) is 6.72. The van der Waals surface area contributed by atoms with Crippen LogP contribution in [-0.4, -0.2) is 29.5 Å². The van der Waals surface area contributed by atoms with Crippen LogP contribution < -0.4 is 0 Å². The van der Waals surface area contributed by atoms with Gasteiger partial charge in [0.25, 0.3) is 0 Å². The van der Waals surface area contributed by atoms with Crippen molar-refractivity contribution in [2.75, 3.05) is 13.2 Å². The topological polar surface area (TPSA) is 46.5 Å². The third kappa shape index (κ3) is 3.48. The van der Waals surface area contributed by atoms with Gasteiger partial charge in [-0.1, -0.05) is 30.3 Å². The molecule has 1 unspecified atom stereocenters.